The molecule has 3 fully saturated rings. The predicted molar refractivity (Wildman–Crippen MR) is 205 cm³/mol. The molecule has 1 unspecified atom stereocenters. The number of hydrogen-bond donors (Lipinski definition) is 2. The van der Waals surface area contributed by atoms with Crippen LogP contribution in [0.5, 0.6) is 11.5 Å². The maximum Gasteiger partial charge on any atom is 0.234 e. The van der Waals surface area contributed by atoms with Gasteiger partial charge in [0.15, 0.2) is 11.4 Å². The summed E-state index contributed by atoms with van der Waals surface area (Å²) in [6, 6.07) is 17.1. The van der Waals surface area contributed by atoms with Crippen LogP contribution >= 0.6 is 15.9 Å². The van der Waals surface area contributed by atoms with Crippen molar-refractivity contribution in [2.75, 3.05) is 49.1 Å². The molecule has 0 saturated carbocycles. The van der Waals surface area contributed by atoms with E-state index in [4.69, 9.17) is 9.72 Å². The van der Waals surface area contributed by atoms with E-state index in [0.717, 1.165) is 84.7 Å². The van der Waals surface area contributed by atoms with E-state index in [0.29, 0.717) is 42.0 Å². The molecule has 2 N–H and O–H groups in total. The smallest absolute Gasteiger partial charge is 0.234 e. The van der Waals surface area contributed by atoms with Crippen LogP contribution in [-0.2, 0) is 16.6 Å². The van der Waals surface area contributed by atoms with E-state index in [-0.39, 0.29) is 17.7 Å². The number of amides is 2. The molecule has 13 heteroatoms. The zero-order valence-electron chi connectivity index (χ0n) is 29.8. The fourth-order valence-electron chi connectivity index (χ4n) is 8.07. The SMILES string of the molecule is Cc1nn(C)cc1-c1nc2ncc(Br)c(Oc3ccc(N4CCN(CC5CCN(c6cccc(C7CCC(=O)NC7=O)c6)CC5)C[C@@H]4C)cc3)c2[nH]1. The van der Waals surface area contributed by atoms with Crippen molar-refractivity contribution in [3.05, 3.63) is 76.7 Å². The number of benzene rings is 2. The topological polar surface area (TPSA) is 125 Å². The number of fused-ring (bicyclic) bond motifs is 1. The number of piperazine rings is 1. The first kappa shape index (κ1) is 34.3. The number of halogens is 1. The number of imide groups is 1. The van der Waals surface area contributed by atoms with Crippen molar-refractivity contribution in [1.29, 1.82) is 0 Å². The van der Waals surface area contributed by atoms with E-state index in [1.54, 1.807) is 10.9 Å². The number of rotatable bonds is 8. The number of imidazole rings is 1. The van der Waals surface area contributed by atoms with E-state index in [2.05, 4.69) is 82.2 Å². The lowest BCUT2D eigenvalue weighted by molar-refractivity contribution is -0.134. The highest BCUT2D eigenvalue weighted by Gasteiger charge is 2.30. The molecule has 3 saturated heterocycles. The van der Waals surface area contributed by atoms with Crippen LogP contribution < -0.4 is 19.9 Å². The Morgan fingerprint density at radius 1 is 1.00 bits per heavy atom. The van der Waals surface area contributed by atoms with Crippen molar-refractivity contribution in [2.45, 2.75) is 51.5 Å². The Morgan fingerprint density at radius 2 is 1.81 bits per heavy atom. The number of ether oxygens (including phenoxy) is 1. The molecule has 3 aliphatic rings. The Balaban J connectivity index is 0.848. The largest absolute Gasteiger partial charge is 0.454 e. The van der Waals surface area contributed by atoms with Gasteiger partial charge >= 0.3 is 0 Å². The first-order valence-electron chi connectivity index (χ1n) is 18.2. The van der Waals surface area contributed by atoms with E-state index in [1.165, 1.54) is 11.4 Å². The molecule has 0 radical (unpaired) electrons. The number of aromatic nitrogens is 5. The molecule has 2 aromatic carbocycles. The van der Waals surface area contributed by atoms with Crippen LogP contribution in [-0.4, -0.2) is 86.8 Å². The van der Waals surface area contributed by atoms with Crippen LogP contribution in [0, 0.1) is 12.8 Å². The molecule has 12 nitrogen and oxygen atoms in total. The highest BCUT2D eigenvalue weighted by atomic mass is 79.9. The van der Waals surface area contributed by atoms with Gasteiger partial charge in [-0.05, 0) is 96.9 Å². The lowest BCUT2D eigenvalue weighted by Crippen LogP contribution is -2.53. The lowest BCUT2D eigenvalue weighted by Gasteiger charge is -2.43. The molecular weight excluding hydrogens is 722 g/mol. The van der Waals surface area contributed by atoms with Gasteiger partial charge in [-0.1, -0.05) is 12.1 Å². The fraction of sp³-hybridized carbons (Fsp3) is 0.410. The van der Waals surface area contributed by atoms with Crippen molar-refractivity contribution in [3.63, 3.8) is 0 Å². The van der Waals surface area contributed by atoms with Gasteiger partial charge < -0.3 is 19.5 Å². The number of pyridine rings is 1. The summed E-state index contributed by atoms with van der Waals surface area (Å²) in [5.74, 6) is 2.17. The summed E-state index contributed by atoms with van der Waals surface area (Å²) in [5.41, 5.74) is 6.50. The van der Waals surface area contributed by atoms with Gasteiger partial charge in [0, 0.05) is 82.5 Å². The third-order valence-corrected chi connectivity index (χ3v) is 11.4. The Bertz CT molecular complexity index is 2100. The summed E-state index contributed by atoms with van der Waals surface area (Å²) in [7, 11) is 1.90. The minimum absolute atomic E-state index is 0.172. The second kappa shape index (κ2) is 14.3. The molecule has 270 valence electrons. The number of nitrogens with one attached hydrogen (secondary N) is 2. The van der Waals surface area contributed by atoms with Crippen molar-refractivity contribution in [1.82, 2.24) is 34.9 Å². The Kier molecular flexibility index (Phi) is 9.47. The second-order valence-corrected chi connectivity index (χ2v) is 15.3. The van der Waals surface area contributed by atoms with Crippen molar-refractivity contribution in [3.8, 4) is 22.9 Å². The first-order chi connectivity index (χ1) is 25.2. The summed E-state index contributed by atoms with van der Waals surface area (Å²) in [6.07, 6.45) is 6.96. The third-order valence-electron chi connectivity index (χ3n) is 10.8. The fourth-order valence-corrected chi connectivity index (χ4v) is 8.45. The summed E-state index contributed by atoms with van der Waals surface area (Å²) in [4.78, 5) is 44.3. The molecule has 2 amide bonds. The molecule has 3 aromatic heterocycles. The summed E-state index contributed by atoms with van der Waals surface area (Å²) in [5, 5.41) is 6.95. The number of piperidine rings is 2. The van der Waals surface area contributed by atoms with Gasteiger partial charge in [-0.15, -0.1) is 0 Å². The van der Waals surface area contributed by atoms with Crippen LogP contribution in [0.2, 0.25) is 0 Å². The van der Waals surface area contributed by atoms with Crippen LogP contribution in [0.4, 0.5) is 11.4 Å². The van der Waals surface area contributed by atoms with E-state index in [1.807, 2.05) is 44.4 Å². The summed E-state index contributed by atoms with van der Waals surface area (Å²) < 4.78 is 8.94. The number of nitrogens with zero attached hydrogens (tertiary/aromatic N) is 7. The maximum absolute atomic E-state index is 12.4. The molecule has 52 heavy (non-hydrogen) atoms. The Labute approximate surface area is 311 Å². The second-order valence-electron chi connectivity index (χ2n) is 14.4. The van der Waals surface area contributed by atoms with Crippen LogP contribution in [0.1, 0.15) is 49.8 Å². The van der Waals surface area contributed by atoms with Crippen LogP contribution in [0.15, 0.2) is 65.4 Å². The normalized spacial score (nSPS) is 20.5. The molecule has 6 heterocycles. The predicted octanol–water partition coefficient (Wildman–Crippen LogP) is 6.17. The minimum Gasteiger partial charge on any atom is -0.454 e. The molecule has 8 rings (SSSR count). The van der Waals surface area contributed by atoms with Gasteiger partial charge in [-0.2, -0.15) is 5.10 Å². The Hall–Kier alpha value is -4.75. The number of aromatic amines is 1. The van der Waals surface area contributed by atoms with Crippen LogP contribution in [0.25, 0.3) is 22.6 Å². The van der Waals surface area contributed by atoms with E-state index >= 15 is 0 Å². The standard InChI is InChI=1S/C39H44BrN9O3/c1-24-21-47(22-26-13-15-48(16-14-26)29-6-4-5-27(19-29)31-11-12-34(50)42-39(31)51)17-18-49(24)28-7-9-30(10-8-28)52-36-33(40)20-41-38-35(36)43-37(44-38)32-23-46(3)45-25(32)2/h4-10,19-20,23-24,26,31H,11-18,21-22H2,1-3H3,(H,41,43,44)(H,42,50,51)/t24-,31?/m0/s1. The highest BCUT2D eigenvalue weighted by molar-refractivity contribution is 9.10. The van der Waals surface area contributed by atoms with Crippen molar-refractivity contribution < 1.29 is 14.3 Å². The molecular formula is C39H44BrN9O3. The van der Waals surface area contributed by atoms with Gasteiger partial charge in [0.2, 0.25) is 11.8 Å². The highest BCUT2D eigenvalue weighted by Crippen LogP contribution is 2.37. The van der Waals surface area contributed by atoms with Gasteiger partial charge in [-0.25, -0.2) is 9.97 Å². The molecule has 0 spiro atoms. The van der Waals surface area contributed by atoms with E-state index in [9.17, 15) is 9.59 Å². The summed E-state index contributed by atoms with van der Waals surface area (Å²) >= 11 is 3.63. The quantitative estimate of drug-likeness (QED) is 0.179. The number of aryl methyl sites for hydroxylation is 2. The minimum atomic E-state index is -0.248. The lowest BCUT2D eigenvalue weighted by atomic mass is 9.90. The van der Waals surface area contributed by atoms with E-state index < -0.39 is 0 Å². The van der Waals surface area contributed by atoms with Gasteiger partial charge in [0.05, 0.1) is 21.6 Å². The number of H-pyrrole nitrogens is 1. The van der Waals surface area contributed by atoms with Crippen LogP contribution in [0.3, 0.4) is 0 Å². The average Bonchev–Trinajstić information content (AvgIpc) is 3.72. The third kappa shape index (κ3) is 7.03. The van der Waals surface area contributed by atoms with Gasteiger partial charge in [0.1, 0.15) is 17.1 Å². The first-order valence-corrected chi connectivity index (χ1v) is 19.0. The number of carbonyl (C=O) groups is 2. The molecule has 0 aliphatic carbocycles. The number of carbonyl (C=O) groups excluding carboxylic acids is 2. The number of hydrogen-bond acceptors (Lipinski definition) is 9. The average molecular weight is 767 g/mol. The maximum atomic E-state index is 12.4. The molecule has 2 atom stereocenters. The van der Waals surface area contributed by atoms with Crippen molar-refractivity contribution in [2.24, 2.45) is 13.0 Å². The van der Waals surface area contributed by atoms with Gasteiger partial charge in [-0.3, -0.25) is 24.5 Å². The van der Waals surface area contributed by atoms with Crippen molar-refractivity contribution >= 4 is 50.3 Å². The zero-order chi connectivity index (χ0) is 35.9. The monoisotopic (exact) mass is 765 g/mol. The molecule has 5 aromatic rings. The zero-order valence-corrected chi connectivity index (χ0v) is 31.4. The Morgan fingerprint density at radius 3 is 2.54 bits per heavy atom. The summed E-state index contributed by atoms with van der Waals surface area (Å²) in [6.45, 7) is 10.5. The molecule has 0 bridgehead atoms. The molecule has 3 aliphatic heterocycles. The van der Waals surface area contributed by atoms with Gasteiger partial charge in [0.25, 0.3) is 0 Å². The number of anilines is 2.